The van der Waals surface area contributed by atoms with Gasteiger partial charge in [0.15, 0.2) is 5.60 Å². The summed E-state index contributed by atoms with van der Waals surface area (Å²) in [4.78, 5) is 12.8. The molecule has 0 saturated heterocycles. The molecule has 0 radical (unpaired) electrons. The van der Waals surface area contributed by atoms with E-state index in [2.05, 4.69) is 12.1 Å². The number of carbonyl (C=O) groups excluding carboxylic acids is 1. The molecule has 2 aromatic rings. The molecule has 0 aliphatic heterocycles. The zero-order chi connectivity index (χ0) is 19.1. The highest BCUT2D eigenvalue weighted by molar-refractivity contribution is 5.83. The van der Waals surface area contributed by atoms with Gasteiger partial charge in [0.05, 0.1) is 0 Å². The van der Waals surface area contributed by atoms with Crippen LogP contribution in [0.4, 0.5) is 0 Å². The smallest absolute Gasteiger partial charge is 0.342 e. The third-order valence-electron chi connectivity index (χ3n) is 5.43. The maximum Gasteiger partial charge on any atom is 0.342 e. The van der Waals surface area contributed by atoms with E-state index < -0.39 is 11.6 Å². The van der Waals surface area contributed by atoms with Gasteiger partial charge in [0.2, 0.25) is 0 Å². The fourth-order valence-electron chi connectivity index (χ4n) is 3.69. The lowest BCUT2D eigenvalue weighted by molar-refractivity contribution is -0.168. The molecule has 3 rings (SSSR count). The zero-order valence-corrected chi connectivity index (χ0v) is 15.9. The van der Waals surface area contributed by atoms with Crippen molar-refractivity contribution in [2.24, 2.45) is 0 Å². The average molecular weight is 364 g/mol. The SMILES string of the molecule is CC[C@@](O)(/C=C/c1ccccc1)C(=O)O[C@@H]1CCCC[C@H]1c1ccccc1. The summed E-state index contributed by atoms with van der Waals surface area (Å²) in [5.74, 6) is -0.354. The summed E-state index contributed by atoms with van der Waals surface area (Å²) < 4.78 is 5.86. The third kappa shape index (κ3) is 4.86. The van der Waals surface area contributed by atoms with Crippen molar-refractivity contribution in [2.45, 2.75) is 56.7 Å². The fraction of sp³-hybridized carbons (Fsp3) is 0.375. The van der Waals surface area contributed by atoms with Crippen molar-refractivity contribution in [1.82, 2.24) is 0 Å². The molecule has 27 heavy (non-hydrogen) atoms. The Morgan fingerprint density at radius 2 is 1.70 bits per heavy atom. The van der Waals surface area contributed by atoms with E-state index in [0.29, 0.717) is 0 Å². The van der Waals surface area contributed by atoms with Gasteiger partial charge in [0, 0.05) is 5.92 Å². The Morgan fingerprint density at radius 3 is 2.37 bits per heavy atom. The summed E-state index contributed by atoms with van der Waals surface area (Å²) in [6.07, 6.45) is 7.46. The van der Waals surface area contributed by atoms with Gasteiger partial charge in [0.1, 0.15) is 6.10 Å². The lowest BCUT2D eigenvalue weighted by Gasteiger charge is -2.33. The summed E-state index contributed by atoms with van der Waals surface area (Å²) in [6.45, 7) is 1.80. The minimum atomic E-state index is -1.60. The standard InChI is InChI=1S/C24H28O3/c1-2-24(26,18-17-19-11-5-3-6-12-19)23(25)27-22-16-10-9-15-21(22)20-13-7-4-8-14-20/h3-8,11-14,17-18,21-22,26H,2,9-10,15-16H2,1H3/b18-17+/t21-,22+,24+/m0/s1. The molecule has 142 valence electrons. The van der Waals surface area contributed by atoms with Crippen LogP contribution >= 0.6 is 0 Å². The van der Waals surface area contributed by atoms with E-state index in [1.165, 1.54) is 5.56 Å². The molecule has 0 bridgehead atoms. The highest BCUT2D eigenvalue weighted by atomic mass is 16.6. The van der Waals surface area contributed by atoms with Crippen LogP contribution in [0, 0.1) is 0 Å². The molecule has 1 fully saturated rings. The molecule has 1 saturated carbocycles. The molecule has 0 amide bonds. The second kappa shape index (κ2) is 9.01. The van der Waals surface area contributed by atoms with Crippen molar-refractivity contribution in [3.63, 3.8) is 0 Å². The summed E-state index contributed by atoms with van der Waals surface area (Å²) >= 11 is 0. The first kappa shape index (κ1) is 19.4. The summed E-state index contributed by atoms with van der Waals surface area (Å²) in [6, 6.07) is 19.9. The predicted molar refractivity (Wildman–Crippen MR) is 108 cm³/mol. The average Bonchev–Trinajstić information content (AvgIpc) is 2.73. The number of rotatable bonds is 6. The molecule has 0 spiro atoms. The Bertz CT molecular complexity index is 754. The third-order valence-corrected chi connectivity index (χ3v) is 5.43. The number of benzene rings is 2. The number of aliphatic hydroxyl groups is 1. The summed E-state index contributed by atoms with van der Waals surface area (Å²) in [7, 11) is 0. The maximum atomic E-state index is 12.8. The summed E-state index contributed by atoms with van der Waals surface area (Å²) in [5.41, 5.74) is 0.543. The largest absolute Gasteiger partial charge is 0.459 e. The van der Waals surface area contributed by atoms with Gasteiger partial charge >= 0.3 is 5.97 Å². The van der Waals surface area contributed by atoms with Gasteiger partial charge in [-0.1, -0.05) is 80.1 Å². The van der Waals surface area contributed by atoms with Gasteiger partial charge in [-0.25, -0.2) is 4.79 Å². The molecule has 2 aromatic carbocycles. The Balaban J connectivity index is 1.73. The molecule has 1 N–H and O–H groups in total. The zero-order valence-electron chi connectivity index (χ0n) is 15.9. The second-order valence-electron chi connectivity index (χ2n) is 7.27. The van der Waals surface area contributed by atoms with Crippen molar-refractivity contribution in [1.29, 1.82) is 0 Å². The van der Waals surface area contributed by atoms with Gasteiger partial charge in [0.25, 0.3) is 0 Å². The van der Waals surface area contributed by atoms with E-state index in [1.807, 2.05) is 48.5 Å². The lowest BCUT2D eigenvalue weighted by Crippen LogP contribution is -2.41. The highest BCUT2D eigenvalue weighted by Gasteiger charge is 2.37. The van der Waals surface area contributed by atoms with Gasteiger partial charge in [-0.3, -0.25) is 0 Å². The van der Waals surface area contributed by atoms with Gasteiger partial charge in [-0.2, -0.15) is 0 Å². The number of ether oxygens (including phenoxy) is 1. The summed E-state index contributed by atoms with van der Waals surface area (Å²) in [5, 5.41) is 10.9. The molecular formula is C24H28O3. The molecule has 1 aliphatic carbocycles. The van der Waals surface area contributed by atoms with E-state index in [4.69, 9.17) is 4.74 Å². The van der Waals surface area contributed by atoms with Gasteiger partial charge in [-0.05, 0) is 42.9 Å². The molecular weight excluding hydrogens is 336 g/mol. The Morgan fingerprint density at radius 1 is 1.07 bits per heavy atom. The molecule has 0 aromatic heterocycles. The van der Waals surface area contributed by atoms with Crippen LogP contribution in [0.15, 0.2) is 66.7 Å². The van der Waals surface area contributed by atoms with Crippen molar-refractivity contribution >= 4 is 12.0 Å². The van der Waals surface area contributed by atoms with E-state index in [1.54, 1.807) is 19.1 Å². The van der Waals surface area contributed by atoms with Crippen LogP contribution in [-0.2, 0) is 9.53 Å². The first-order valence-corrected chi connectivity index (χ1v) is 9.85. The van der Waals surface area contributed by atoms with Crippen LogP contribution < -0.4 is 0 Å². The van der Waals surface area contributed by atoms with Crippen LogP contribution in [0.2, 0.25) is 0 Å². The maximum absolute atomic E-state index is 12.8. The Labute approximate surface area is 161 Å². The van der Waals surface area contributed by atoms with Crippen LogP contribution in [0.3, 0.4) is 0 Å². The number of esters is 1. The molecule has 1 aliphatic rings. The second-order valence-corrected chi connectivity index (χ2v) is 7.27. The van der Waals surface area contributed by atoms with Crippen molar-refractivity contribution in [2.75, 3.05) is 0 Å². The first-order chi connectivity index (χ1) is 13.1. The minimum Gasteiger partial charge on any atom is -0.459 e. The Hall–Kier alpha value is -2.39. The normalized spacial score (nSPS) is 22.3. The number of hydrogen-bond acceptors (Lipinski definition) is 3. The minimum absolute atomic E-state index is 0.183. The van der Waals surface area contributed by atoms with Crippen LogP contribution in [0.25, 0.3) is 6.08 Å². The van der Waals surface area contributed by atoms with Gasteiger partial charge < -0.3 is 9.84 Å². The first-order valence-electron chi connectivity index (χ1n) is 9.85. The fourth-order valence-corrected chi connectivity index (χ4v) is 3.69. The number of carbonyl (C=O) groups is 1. The molecule has 3 atom stereocenters. The molecule has 0 heterocycles. The van der Waals surface area contributed by atoms with Crippen molar-refractivity contribution in [3.05, 3.63) is 77.9 Å². The van der Waals surface area contributed by atoms with Crippen LogP contribution in [-0.4, -0.2) is 22.8 Å². The molecule has 0 unspecified atom stereocenters. The molecule has 3 nitrogen and oxygen atoms in total. The Kier molecular flexibility index (Phi) is 6.46. The van der Waals surface area contributed by atoms with Crippen LogP contribution in [0.1, 0.15) is 56.1 Å². The topological polar surface area (TPSA) is 46.5 Å². The number of hydrogen-bond donors (Lipinski definition) is 1. The molecule has 3 heteroatoms. The van der Waals surface area contributed by atoms with E-state index in [9.17, 15) is 9.90 Å². The monoisotopic (exact) mass is 364 g/mol. The predicted octanol–water partition coefficient (Wildman–Crippen LogP) is 5.11. The van der Waals surface area contributed by atoms with Crippen molar-refractivity contribution < 1.29 is 14.6 Å². The lowest BCUT2D eigenvalue weighted by atomic mass is 9.81. The van der Waals surface area contributed by atoms with Crippen molar-refractivity contribution in [3.8, 4) is 0 Å². The van der Waals surface area contributed by atoms with E-state index in [0.717, 1.165) is 31.2 Å². The highest BCUT2D eigenvalue weighted by Crippen LogP contribution is 2.36. The van der Waals surface area contributed by atoms with E-state index >= 15 is 0 Å². The van der Waals surface area contributed by atoms with E-state index in [-0.39, 0.29) is 18.4 Å². The quantitative estimate of drug-likeness (QED) is 0.725. The van der Waals surface area contributed by atoms with Crippen LogP contribution in [0.5, 0.6) is 0 Å². The van der Waals surface area contributed by atoms with Gasteiger partial charge in [-0.15, -0.1) is 0 Å².